The Hall–Kier alpha value is -0.870. The molecule has 0 aromatic rings. The highest BCUT2D eigenvalue weighted by atomic mass is 16.6. The summed E-state index contributed by atoms with van der Waals surface area (Å²) in [5, 5.41) is 18.7. The maximum atomic E-state index is 12.1. The molecule has 0 rings (SSSR count). The van der Waals surface area contributed by atoms with Gasteiger partial charge in [-0.1, -0.05) is 65.0 Å². The summed E-state index contributed by atoms with van der Waals surface area (Å²) >= 11 is 0. The van der Waals surface area contributed by atoms with E-state index < -0.39 is 18.4 Å². The molecular weight excluding hydrogens is 316 g/mol. The van der Waals surface area contributed by atoms with Crippen molar-refractivity contribution in [2.75, 3.05) is 0 Å². The Balaban J connectivity index is 3.89. The van der Waals surface area contributed by atoms with Crippen LogP contribution in [0.5, 0.6) is 0 Å². The van der Waals surface area contributed by atoms with E-state index in [1.165, 1.54) is 45.4 Å². The van der Waals surface area contributed by atoms with Crippen LogP contribution in [0, 0.1) is 11.8 Å². The minimum atomic E-state index is -1.44. The molecule has 25 heavy (non-hydrogen) atoms. The number of unbranched alkanes of at least 4 members (excludes halogenated alkanes) is 7. The third-order valence-corrected chi connectivity index (χ3v) is 4.53. The fraction of sp³-hybridized carbons (Fsp3) is 0.857. The third kappa shape index (κ3) is 13.1. The van der Waals surface area contributed by atoms with E-state index in [9.17, 15) is 15.0 Å². The van der Waals surface area contributed by atoms with Crippen LogP contribution in [-0.2, 0) is 9.53 Å². The van der Waals surface area contributed by atoms with Crippen molar-refractivity contribution in [3.63, 3.8) is 0 Å². The lowest BCUT2D eigenvalue weighted by Gasteiger charge is -2.22. The van der Waals surface area contributed by atoms with Crippen LogP contribution in [0.3, 0.4) is 0 Å². The van der Waals surface area contributed by atoms with Crippen molar-refractivity contribution >= 4 is 5.97 Å². The van der Waals surface area contributed by atoms with Gasteiger partial charge in [-0.05, 0) is 44.9 Å². The predicted octanol–water partition coefficient (Wildman–Crippen LogP) is 4.98. The molecule has 0 aromatic heterocycles. The summed E-state index contributed by atoms with van der Waals surface area (Å²) in [6.07, 6.45) is 13.6. The maximum Gasteiger partial charge on any atom is 0.311 e. The van der Waals surface area contributed by atoms with Gasteiger partial charge in [-0.25, -0.2) is 0 Å². The van der Waals surface area contributed by atoms with E-state index in [-0.39, 0.29) is 11.8 Å². The number of aliphatic hydroxyl groups is 2. The van der Waals surface area contributed by atoms with Crippen molar-refractivity contribution in [1.82, 2.24) is 0 Å². The molecule has 0 aliphatic heterocycles. The average Bonchev–Trinajstić information content (AvgIpc) is 2.55. The van der Waals surface area contributed by atoms with Crippen LogP contribution in [0.25, 0.3) is 0 Å². The van der Waals surface area contributed by atoms with Gasteiger partial charge in [0.15, 0.2) is 0 Å². The van der Waals surface area contributed by atoms with Gasteiger partial charge in [0.2, 0.25) is 6.29 Å². The Bertz CT molecular complexity index is 350. The summed E-state index contributed by atoms with van der Waals surface area (Å²) in [7, 11) is 0. The Morgan fingerprint density at radius 1 is 0.920 bits per heavy atom. The minimum Gasteiger partial charge on any atom is -0.433 e. The van der Waals surface area contributed by atoms with Crippen molar-refractivity contribution in [2.45, 2.75) is 104 Å². The van der Waals surface area contributed by atoms with E-state index in [2.05, 4.69) is 19.1 Å². The lowest BCUT2D eigenvalue weighted by Crippen LogP contribution is -2.33. The van der Waals surface area contributed by atoms with Crippen molar-refractivity contribution in [3.8, 4) is 0 Å². The Morgan fingerprint density at radius 3 is 2.04 bits per heavy atom. The lowest BCUT2D eigenvalue weighted by molar-refractivity contribution is -0.190. The van der Waals surface area contributed by atoms with E-state index in [0.29, 0.717) is 0 Å². The molecule has 0 fully saturated rings. The Morgan fingerprint density at radius 2 is 1.48 bits per heavy atom. The summed E-state index contributed by atoms with van der Waals surface area (Å²) in [6.45, 7) is 7.60. The fourth-order valence-electron chi connectivity index (χ4n) is 2.76. The fourth-order valence-corrected chi connectivity index (χ4v) is 2.76. The monoisotopic (exact) mass is 356 g/mol. The van der Waals surface area contributed by atoms with Gasteiger partial charge in [0.05, 0.1) is 5.92 Å². The number of hydrogen-bond donors (Lipinski definition) is 2. The van der Waals surface area contributed by atoms with E-state index in [1.54, 1.807) is 0 Å². The number of allylic oxidation sites excluding steroid dienone is 2. The maximum absolute atomic E-state index is 12.1. The van der Waals surface area contributed by atoms with Gasteiger partial charge < -0.3 is 14.9 Å². The molecule has 3 atom stereocenters. The smallest absolute Gasteiger partial charge is 0.311 e. The van der Waals surface area contributed by atoms with Crippen molar-refractivity contribution < 1.29 is 19.7 Å². The third-order valence-electron chi connectivity index (χ3n) is 4.53. The molecule has 0 spiro atoms. The Kier molecular flexibility index (Phi) is 14.9. The highest BCUT2D eigenvalue weighted by Crippen LogP contribution is 2.21. The quantitative estimate of drug-likeness (QED) is 0.188. The van der Waals surface area contributed by atoms with Gasteiger partial charge in [-0.3, -0.25) is 4.79 Å². The van der Waals surface area contributed by atoms with Crippen LogP contribution < -0.4 is 0 Å². The molecule has 0 radical (unpaired) electrons. The summed E-state index contributed by atoms with van der Waals surface area (Å²) in [5.41, 5.74) is 0. The normalized spacial score (nSPS) is 15.5. The molecule has 4 nitrogen and oxygen atoms in total. The summed E-state index contributed by atoms with van der Waals surface area (Å²) < 4.78 is 4.93. The number of ether oxygens (including phenoxy) is 1. The van der Waals surface area contributed by atoms with Gasteiger partial charge in [0, 0.05) is 0 Å². The standard InChI is InChI=1S/C21H40O4/c1-5-6-7-8-9-10-11-12-13-14-15-16-19(17(2)3)21(24)25-20(23)18(4)22/h12-13,17-20,22-23H,5-11,14-16H2,1-4H3/b13-12+. The largest absolute Gasteiger partial charge is 0.433 e. The van der Waals surface area contributed by atoms with E-state index in [1.807, 2.05) is 13.8 Å². The van der Waals surface area contributed by atoms with Crippen LogP contribution in [0.2, 0.25) is 0 Å². The molecular formula is C21H40O4. The number of hydrogen-bond acceptors (Lipinski definition) is 4. The first-order chi connectivity index (χ1) is 11.9. The highest BCUT2D eigenvalue weighted by molar-refractivity contribution is 5.72. The first-order valence-corrected chi connectivity index (χ1v) is 10.1. The van der Waals surface area contributed by atoms with Gasteiger partial charge >= 0.3 is 5.97 Å². The summed E-state index contributed by atoms with van der Waals surface area (Å²) in [4.78, 5) is 12.1. The molecule has 0 amide bonds. The van der Waals surface area contributed by atoms with Crippen LogP contribution >= 0.6 is 0 Å². The lowest BCUT2D eigenvalue weighted by atomic mass is 9.90. The first-order valence-electron chi connectivity index (χ1n) is 10.1. The second-order valence-corrected chi connectivity index (χ2v) is 7.38. The van der Waals surface area contributed by atoms with Crippen LogP contribution in [0.15, 0.2) is 12.2 Å². The molecule has 3 unspecified atom stereocenters. The first kappa shape index (κ1) is 24.1. The zero-order valence-electron chi connectivity index (χ0n) is 16.7. The zero-order valence-corrected chi connectivity index (χ0v) is 16.7. The van der Waals surface area contributed by atoms with Crippen molar-refractivity contribution in [1.29, 1.82) is 0 Å². The molecule has 0 saturated heterocycles. The average molecular weight is 357 g/mol. The number of carbonyl (C=O) groups excluding carboxylic acids is 1. The van der Waals surface area contributed by atoms with Gasteiger partial charge in [0.25, 0.3) is 0 Å². The van der Waals surface area contributed by atoms with Gasteiger partial charge in [-0.15, -0.1) is 0 Å². The number of rotatable bonds is 15. The molecule has 0 aliphatic rings. The number of aliphatic hydroxyl groups excluding tert-OH is 2. The molecule has 0 heterocycles. The van der Waals surface area contributed by atoms with Crippen molar-refractivity contribution in [2.24, 2.45) is 11.8 Å². The molecule has 2 N–H and O–H groups in total. The Labute approximate surface area is 154 Å². The van der Waals surface area contributed by atoms with E-state index in [0.717, 1.165) is 25.7 Å². The second-order valence-electron chi connectivity index (χ2n) is 7.38. The minimum absolute atomic E-state index is 0.154. The van der Waals surface area contributed by atoms with E-state index in [4.69, 9.17) is 4.74 Å². The van der Waals surface area contributed by atoms with Crippen LogP contribution in [0.1, 0.15) is 91.9 Å². The van der Waals surface area contributed by atoms with Crippen LogP contribution in [0.4, 0.5) is 0 Å². The molecule has 0 aliphatic carbocycles. The van der Waals surface area contributed by atoms with Crippen molar-refractivity contribution in [3.05, 3.63) is 12.2 Å². The molecule has 148 valence electrons. The van der Waals surface area contributed by atoms with Gasteiger partial charge in [0.1, 0.15) is 6.10 Å². The highest BCUT2D eigenvalue weighted by Gasteiger charge is 2.26. The summed E-state index contributed by atoms with van der Waals surface area (Å²) in [6, 6.07) is 0. The summed E-state index contributed by atoms with van der Waals surface area (Å²) in [5.74, 6) is -0.499. The zero-order chi connectivity index (χ0) is 19.1. The molecule has 4 heteroatoms. The molecule has 0 aromatic carbocycles. The van der Waals surface area contributed by atoms with E-state index >= 15 is 0 Å². The predicted molar refractivity (Wildman–Crippen MR) is 103 cm³/mol. The second kappa shape index (κ2) is 15.4. The topological polar surface area (TPSA) is 66.8 Å². The number of esters is 1. The SMILES string of the molecule is CCCCCCCC/C=C/CCCC(C(=O)OC(O)C(C)O)C(C)C. The van der Waals surface area contributed by atoms with Crippen LogP contribution in [-0.4, -0.2) is 28.6 Å². The molecule has 0 saturated carbocycles. The van der Waals surface area contributed by atoms with Gasteiger partial charge in [-0.2, -0.15) is 0 Å². The molecule has 0 bridgehead atoms. The number of carbonyl (C=O) groups is 1.